The van der Waals surface area contributed by atoms with Crippen molar-refractivity contribution in [3.8, 4) is 0 Å². The number of carboxylic acids is 1. The average molecular weight is 388 g/mol. The molecule has 0 radical (unpaired) electrons. The van der Waals surface area contributed by atoms with Crippen LogP contribution < -0.4 is 0 Å². The number of unbranched alkanes of at least 4 members (excludes halogenated alkanes) is 3. The number of hydrogen-bond donors (Lipinski definition) is 3. The monoisotopic (exact) mass is 388 g/mol. The van der Waals surface area contributed by atoms with E-state index in [1.807, 2.05) is 13.0 Å². The molecule has 3 N–H and O–H groups in total. The van der Waals surface area contributed by atoms with Crippen molar-refractivity contribution in [2.75, 3.05) is 0 Å². The van der Waals surface area contributed by atoms with Crippen molar-refractivity contribution in [2.24, 2.45) is 11.8 Å². The SMILES string of the molecule is CCCCCCC(CC(C(=O)O)C1=CCCCC1)C(CCC)P(=O)(O)O. The van der Waals surface area contributed by atoms with E-state index < -0.39 is 25.1 Å². The van der Waals surface area contributed by atoms with Crippen molar-refractivity contribution < 1.29 is 24.3 Å². The molecule has 152 valence electrons. The zero-order valence-electron chi connectivity index (χ0n) is 16.4. The topological polar surface area (TPSA) is 94.8 Å². The Labute approximate surface area is 158 Å². The molecule has 0 aromatic carbocycles. The summed E-state index contributed by atoms with van der Waals surface area (Å²) < 4.78 is 12.1. The fourth-order valence-corrected chi connectivity index (χ4v) is 5.58. The largest absolute Gasteiger partial charge is 0.481 e. The van der Waals surface area contributed by atoms with Crippen LogP contribution in [-0.4, -0.2) is 26.5 Å². The molecular weight excluding hydrogens is 351 g/mol. The van der Waals surface area contributed by atoms with Crippen LogP contribution in [0.15, 0.2) is 11.6 Å². The Kier molecular flexibility index (Phi) is 10.7. The molecule has 1 aliphatic rings. The summed E-state index contributed by atoms with van der Waals surface area (Å²) in [5.74, 6) is -1.69. The van der Waals surface area contributed by atoms with E-state index in [0.717, 1.165) is 56.9 Å². The van der Waals surface area contributed by atoms with Crippen LogP contribution in [0.25, 0.3) is 0 Å². The molecule has 1 rings (SSSR count). The van der Waals surface area contributed by atoms with Gasteiger partial charge in [-0.1, -0.05) is 57.6 Å². The molecule has 5 nitrogen and oxygen atoms in total. The Hall–Kier alpha value is -0.640. The highest BCUT2D eigenvalue weighted by molar-refractivity contribution is 7.52. The van der Waals surface area contributed by atoms with Gasteiger partial charge in [-0.15, -0.1) is 0 Å². The van der Waals surface area contributed by atoms with Crippen molar-refractivity contribution in [1.82, 2.24) is 0 Å². The molecule has 26 heavy (non-hydrogen) atoms. The first-order valence-corrected chi connectivity index (χ1v) is 12.0. The van der Waals surface area contributed by atoms with Gasteiger partial charge in [0.05, 0.1) is 11.6 Å². The third-order valence-electron chi connectivity index (χ3n) is 5.60. The van der Waals surface area contributed by atoms with Gasteiger partial charge >= 0.3 is 13.6 Å². The number of aliphatic carboxylic acids is 1. The van der Waals surface area contributed by atoms with Gasteiger partial charge in [0, 0.05) is 0 Å². The van der Waals surface area contributed by atoms with E-state index in [2.05, 4.69) is 6.92 Å². The first kappa shape index (κ1) is 23.4. The van der Waals surface area contributed by atoms with Gasteiger partial charge in [-0.3, -0.25) is 9.36 Å². The van der Waals surface area contributed by atoms with Gasteiger partial charge in [0.1, 0.15) is 0 Å². The predicted octanol–water partition coefficient (Wildman–Crippen LogP) is 5.51. The van der Waals surface area contributed by atoms with E-state index in [9.17, 15) is 24.3 Å². The van der Waals surface area contributed by atoms with Crippen molar-refractivity contribution in [2.45, 2.75) is 96.6 Å². The van der Waals surface area contributed by atoms with Gasteiger partial charge in [-0.25, -0.2) is 0 Å². The number of allylic oxidation sites excluding steroid dienone is 1. The molecule has 1 aliphatic carbocycles. The van der Waals surface area contributed by atoms with Crippen LogP contribution in [0.4, 0.5) is 0 Å². The Morgan fingerprint density at radius 2 is 1.85 bits per heavy atom. The highest BCUT2D eigenvalue weighted by atomic mass is 31.2. The molecule has 3 unspecified atom stereocenters. The van der Waals surface area contributed by atoms with Gasteiger partial charge in [0.15, 0.2) is 0 Å². The third-order valence-corrected chi connectivity index (χ3v) is 7.14. The van der Waals surface area contributed by atoms with Crippen LogP contribution >= 0.6 is 7.60 Å². The summed E-state index contributed by atoms with van der Waals surface area (Å²) in [6.45, 7) is 4.05. The molecule has 0 heterocycles. The first-order valence-electron chi connectivity index (χ1n) is 10.3. The third kappa shape index (κ3) is 7.94. The van der Waals surface area contributed by atoms with Gasteiger partial charge in [-0.05, 0) is 50.9 Å². The molecule has 0 spiro atoms. The molecule has 0 aliphatic heterocycles. The lowest BCUT2D eigenvalue weighted by Gasteiger charge is -2.31. The summed E-state index contributed by atoms with van der Waals surface area (Å²) in [4.78, 5) is 31.7. The Balaban J connectivity index is 2.97. The Bertz CT molecular complexity index is 496. The molecule has 0 saturated heterocycles. The second-order valence-corrected chi connectivity index (χ2v) is 9.55. The second-order valence-electron chi connectivity index (χ2n) is 7.71. The molecule has 0 fully saturated rings. The van der Waals surface area contributed by atoms with Crippen molar-refractivity contribution in [1.29, 1.82) is 0 Å². The van der Waals surface area contributed by atoms with Crippen LogP contribution in [0.1, 0.15) is 90.9 Å². The Morgan fingerprint density at radius 3 is 2.35 bits per heavy atom. The maximum atomic E-state index is 12.1. The van der Waals surface area contributed by atoms with Crippen LogP contribution in [0, 0.1) is 11.8 Å². The smallest absolute Gasteiger partial charge is 0.328 e. The van der Waals surface area contributed by atoms with Crippen LogP contribution in [0.2, 0.25) is 0 Å². The fraction of sp³-hybridized carbons (Fsp3) is 0.850. The van der Waals surface area contributed by atoms with Gasteiger partial charge in [-0.2, -0.15) is 0 Å². The average Bonchev–Trinajstić information content (AvgIpc) is 2.59. The molecule has 0 amide bonds. The van der Waals surface area contributed by atoms with Crippen LogP contribution in [-0.2, 0) is 9.36 Å². The lowest BCUT2D eigenvalue weighted by atomic mass is 9.80. The summed E-state index contributed by atoms with van der Waals surface area (Å²) in [6.07, 6.45) is 12.2. The van der Waals surface area contributed by atoms with Crippen molar-refractivity contribution in [3.63, 3.8) is 0 Å². The zero-order chi connectivity index (χ0) is 19.6. The van der Waals surface area contributed by atoms with E-state index in [1.54, 1.807) is 0 Å². The molecule has 0 bridgehead atoms. The molecule has 0 aromatic rings. The lowest BCUT2D eigenvalue weighted by Crippen LogP contribution is -2.28. The highest BCUT2D eigenvalue weighted by Crippen LogP contribution is 2.50. The molecule has 0 aromatic heterocycles. The minimum absolute atomic E-state index is 0.239. The van der Waals surface area contributed by atoms with E-state index in [0.29, 0.717) is 25.7 Å². The summed E-state index contributed by atoms with van der Waals surface area (Å²) in [6, 6.07) is 0. The number of hydrogen-bond acceptors (Lipinski definition) is 2. The predicted molar refractivity (Wildman–Crippen MR) is 105 cm³/mol. The minimum atomic E-state index is -4.24. The number of rotatable bonds is 13. The summed E-state index contributed by atoms with van der Waals surface area (Å²) >= 11 is 0. The fourth-order valence-electron chi connectivity index (χ4n) is 4.17. The first-order chi connectivity index (χ1) is 12.3. The van der Waals surface area contributed by atoms with Crippen molar-refractivity contribution in [3.05, 3.63) is 11.6 Å². The van der Waals surface area contributed by atoms with E-state index >= 15 is 0 Å². The molecule has 3 atom stereocenters. The number of carbonyl (C=O) groups is 1. The van der Waals surface area contributed by atoms with Crippen LogP contribution in [0.3, 0.4) is 0 Å². The summed E-state index contributed by atoms with van der Waals surface area (Å²) in [5.41, 5.74) is 0.239. The van der Waals surface area contributed by atoms with E-state index in [1.165, 1.54) is 0 Å². The van der Waals surface area contributed by atoms with E-state index in [-0.39, 0.29) is 5.92 Å². The molecular formula is C20H37O5P. The summed E-state index contributed by atoms with van der Waals surface area (Å²) in [5, 5.41) is 9.76. The highest BCUT2D eigenvalue weighted by Gasteiger charge is 2.38. The number of carboxylic acid groups (broad SMARTS) is 1. The zero-order valence-corrected chi connectivity index (χ0v) is 17.3. The Morgan fingerprint density at radius 1 is 1.12 bits per heavy atom. The lowest BCUT2D eigenvalue weighted by molar-refractivity contribution is -0.141. The standard InChI is InChI=1S/C20H37O5P/c1-3-5-6-8-14-17(19(11-4-2)26(23,24)25)15-18(20(21)22)16-12-9-7-10-13-16/h12,17-19H,3-11,13-15H2,1-2H3,(H,21,22)(H2,23,24,25). The molecule has 0 saturated carbocycles. The normalized spacial score (nSPS) is 18.8. The second kappa shape index (κ2) is 11.9. The van der Waals surface area contributed by atoms with Gasteiger partial charge in [0.25, 0.3) is 0 Å². The molecule has 6 heteroatoms. The van der Waals surface area contributed by atoms with Gasteiger partial charge in [0.2, 0.25) is 0 Å². The van der Waals surface area contributed by atoms with Gasteiger partial charge < -0.3 is 14.9 Å². The summed E-state index contributed by atoms with van der Waals surface area (Å²) in [7, 11) is -4.24. The maximum Gasteiger partial charge on any atom is 0.328 e. The quantitative estimate of drug-likeness (QED) is 0.220. The maximum absolute atomic E-state index is 12.1. The minimum Gasteiger partial charge on any atom is -0.481 e. The van der Waals surface area contributed by atoms with Crippen LogP contribution in [0.5, 0.6) is 0 Å². The van der Waals surface area contributed by atoms with Crippen molar-refractivity contribution >= 4 is 13.6 Å². The van der Waals surface area contributed by atoms with E-state index in [4.69, 9.17) is 0 Å².